The first-order valence-corrected chi connectivity index (χ1v) is 9.89. The van der Waals surface area contributed by atoms with E-state index in [1.54, 1.807) is 0 Å². The van der Waals surface area contributed by atoms with Gasteiger partial charge in [-0.2, -0.15) is 0 Å². The number of carbonyl (C=O) groups excluding carboxylic acids is 2. The normalized spacial score (nSPS) is 20.4. The first kappa shape index (κ1) is 27.4. The van der Waals surface area contributed by atoms with Crippen molar-refractivity contribution < 1.29 is 14.3 Å². The van der Waals surface area contributed by atoms with Crippen LogP contribution >= 0.6 is 24.8 Å². The molecule has 2 fully saturated rings. The van der Waals surface area contributed by atoms with Crippen molar-refractivity contribution in [2.24, 2.45) is 17.6 Å². The van der Waals surface area contributed by atoms with Gasteiger partial charge < -0.3 is 21.1 Å². The first-order valence-electron chi connectivity index (χ1n) is 9.89. The molecule has 2 heterocycles. The zero-order chi connectivity index (χ0) is 19.2. The van der Waals surface area contributed by atoms with Gasteiger partial charge in [-0.25, -0.2) is 0 Å². The number of ether oxygens (including phenoxy) is 1. The summed E-state index contributed by atoms with van der Waals surface area (Å²) in [6.45, 7) is 10.3. The second kappa shape index (κ2) is 12.9. The lowest BCUT2D eigenvalue weighted by molar-refractivity contribution is -0.124. The van der Waals surface area contributed by atoms with Gasteiger partial charge in [-0.05, 0) is 71.4 Å². The number of nitrogens with two attached hydrogens (primary N) is 1. The minimum absolute atomic E-state index is 0. The largest absolute Gasteiger partial charge is 0.381 e. The number of piperidine rings is 1. The molecule has 28 heavy (non-hydrogen) atoms. The summed E-state index contributed by atoms with van der Waals surface area (Å²) in [7, 11) is 0. The van der Waals surface area contributed by atoms with Gasteiger partial charge in [0.25, 0.3) is 0 Å². The average molecular weight is 441 g/mol. The average Bonchev–Trinajstić information content (AvgIpc) is 2.59. The summed E-state index contributed by atoms with van der Waals surface area (Å²) in [4.78, 5) is 26.5. The molecule has 166 valence electrons. The van der Waals surface area contributed by atoms with Gasteiger partial charge in [0.2, 0.25) is 11.8 Å². The Morgan fingerprint density at radius 2 is 1.68 bits per heavy atom. The quantitative estimate of drug-likeness (QED) is 0.578. The van der Waals surface area contributed by atoms with E-state index in [2.05, 4.69) is 15.5 Å². The summed E-state index contributed by atoms with van der Waals surface area (Å²) in [6, 6.07) is -0.430. The van der Waals surface area contributed by atoms with Crippen molar-refractivity contribution in [1.29, 1.82) is 0 Å². The van der Waals surface area contributed by atoms with E-state index in [0.717, 1.165) is 38.8 Å². The van der Waals surface area contributed by atoms with Gasteiger partial charge in [-0.15, -0.1) is 24.8 Å². The van der Waals surface area contributed by atoms with Crippen LogP contribution in [0.4, 0.5) is 0 Å². The lowest BCUT2D eigenvalue weighted by Gasteiger charge is -2.33. The van der Waals surface area contributed by atoms with Crippen LogP contribution < -0.4 is 16.4 Å². The van der Waals surface area contributed by atoms with Crippen LogP contribution in [0.2, 0.25) is 0 Å². The number of nitrogens with zero attached hydrogens (tertiary/aromatic N) is 1. The summed E-state index contributed by atoms with van der Waals surface area (Å²) in [6.07, 6.45) is 3.72. The van der Waals surface area contributed by atoms with Crippen molar-refractivity contribution in [2.45, 2.75) is 58.0 Å². The monoisotopic (exact) mass is 440 g/mol. The zero-order valence-electron chi connectivity index (χ0n) is 17.4. The molecule has 0 radical (unpaired) electrons. The highest BCUT2D eigenvalue weighted by Crippen LogP contribution is 2.19. The molecule has 0 saturated carbocycles. The Labute approximate surface area is 181 Å². The maximum atomic E-state index is 12.3. The Morgan fingerprint density at radius 3 is 2.21 bits per heavy atom. The lowest BCUT2D eigenvalue weighted by Crippen LogP contribution is -2.50. The summed E-state index contributed by atoms with van der Waals surface area (Å²) in [5, 5.41) is 6.03. The second-order valence-corrected chi connectivity index (χ2v) is 8.74. The standard InChI is InChI=1S/C19H36N4O3.2ClH/c1-19(2,3)22-16(24)13-23-8-4-14(5-9-23)12-21-18(25)17(20)15-6-10-26-11-7-15;;/h14-15,17H,4-13,20H2,1-3H3,(H,21,25)(H,22,24);2*1H. The fourth-order valence-corrected chi connectivity index (χ4v) is 3.66. The van der Waals surface area contributed by atoms with Crippen molar-refractivity contribution in [3.05, 3.63) is 0 Å². The molecule has 0 spiro atoms. The molecule has 0 aromatic heterocycles. The Morgan fingerprint density at radius 1 is 1.11 bits per heavy atom. The van der Waals surface area contributed by atoms with Crippen LogP contribution in [0.3, 0.4) is 0 Å². The van der Waals surface area contributed by atoms with E-state index in [1.165, 1.54) is 0 Å². The summed E-state index contributed by atoms with van der Waals surface area (Å²) in [5.41, 5.74) is 5.92. The third kappa shape index (κ3) is 9.74. The number of carbonyl (C=O) groups is 2. The Balaban J connectivity index is 0.00000364. The minimum atomic E-state index is -0.430. The number of likely N-dealkylation sites (tertiary alicyclic amines) is 1. The number of rotatable bonds is 6. The van der Waals surface area contributed by atoms with Crippen molar-refractivity contribution in [3.8, 4) is 0 Å². The van der Waals surface area contributed by atoms with E-state index in [9.17, 15) is 9.59 Å². The highest BCUT2D eigenvalue weighted by Gasteiger charge is 2.28. The second-order valence-electron chi connectivity index (χ2n) is 8.74. The Hall–Kier alpha value is -0.600. The fourth-order valence-electron chi connectivity index (χ4n) is 3.66. The Kier molecular flexibility index (Phi) is 12.6. The number of hydrogen-bond donors (Lipinski definition) is 3. The van der Waals surface area contributed by atoms with Crippen molar-refractivity contribution in [1.82, 2.24) is 15.5 Å². The van der Waals surface area contributed by atoms with Gasteiger partial charge in [-0.1, -0.05) is 0 Å². The van der Waals surface area contributed by atoms with Gasteiger partial charge in [0.05, 0.1) is 12.6 Å². The summed E-state index contributed by atoms with van der Waals surface area (Å²) in [5.74, 6) is 0.727. The highest BCUT2D eigenvalue weighted by molar-refractivity contribution is 5.85. The van der Waals surface area contributed by atoms with Crippen LogP contribution in [0, 0.1) is 11.8 Å². The fraction of sp³-hybridized carbons (Fsp3) is 0.895. The maximum absolute atomic E-state index is 12.3. The topological polar surface area (TPSA) is 96.7 Å². The molecule has 7 nitrogen and oxygen atoms in total. The van der Waals surface area contributed by atoms with Crippen LogP contribution in [0.25, 0.3) is 0 Å². The van der Waals surface area contributed by atoms with E-state index in [-0.39, 0.29) is 48.1 Å². The summed E-state index contributed by atoms with van der Waals surface area (Å²) < 4.78 is 5.33. The van der Waals surface area contributed by atoms with Crippen LogP contribution in [-0.4, -0.2) is 67.7 Å². The molecule has 2 rings (SSSR count). The third-order valence-electron chi connectivity index (χ3n) is 5.23. The first-order chi connectivity index (χ1) is 12.2. The zero-order valence-corrected chi connectivity index (χ0v) is 19.0. The van der Waals surface area contributed by atoms with E-state index in [4.69, 9.17) is 10.5 Å². The number of halogens is 2. The number of hydrogen-bond acceptors (Lipinski definition) is 5. The van der Waals surface area contributed by atoms with Gasteiger partial charge in [0, 0.05) is 25.3 Å². The highest BCUT2D eigenvalue weighted by atomic mass is 35.5. The predicted octanol–water partition coefficient (Wildman–Crippen LogP) is 1.33. The molecule has 0 aliphatic carbocycles. The van der Waals surface area contributed by atoms with Crippen molar-refractivity contribution in [2.75, 3.05) is 39.4 Å². The molecule has 1 atom stereocenters. The Bertz CT molecular complexity index is 474. The predicted molar refractivity (Wildman–Crippen MR) is 116 cm³/mol. The number of amides is 2. The molecular formula is C19H38Cl2N4O3. The van der Waals surface area contributed by atoms with E-state index >= 15 is 0 Å². The van der Waals surface area contributed by atoms with Crippen molar-refractivity contribution in [3.63, 3.8) is 0 Å². The molecule has 0 bridgehead atoms. The maximum Gasteiger partial charge on any atom is 0.237 e. The SMILES string of the molecule is CC(C)(C)NC(=O)CN1CCC(CNC(=O)C(N)C2CCOCC2)CC1.Cl.Cl. The van der Waals surface area contributed by atoms with Gasteiger partial charge in [0.15, 0.2) is 0 Å². The number of nitrogens with one attached hydrogen (secondary N) is 2. The molecular weight excluding hydrogens is 403 g/mol. The summed E-state index contributed by atoms with van der Waals surface area (Å²) >= 11 is 0. The van der Waals surface area contributed by atoms with Crippen molar-refractivity contribution >= 4 is 36.6 Å². The molecule has 2 aliphatic rings. The minimum Gasteiger partial charge on any atom is -0.381 e. The van der Waals surface area contributed by atoms with E-state index < -0.39 is 6.04 Å². The molecule has 4 N–H and O–H groups in total. The van der Waals surface area contributed by atoms with Gasteiger partial charge in [-0.3, -0.25) is 14.5 Å². The molecule has 2 amide bonds. The molecule has 2 saturated heterocycles. The smallest absolute Gasteiger partial charge is 0.237 e. The molecule has 1 unspecified atom stereocenters. The van der Waals surface area contributed by atoms with Crippen LogP contribution in [0.1, 0.15) is 46.5 Å². The van der Waals surface area contributed by atoms with Crippen LogP contribution in [0.15, 0.2) is 0 Å². The van der Waals surface area contributed by atoms with E-state index in [0.29, 0.717) is 32.2 Å². The van der Waals surface area contributed by atoms with Gasteiger partial charge in [0.1, 0.15) is 0 Å². The van der Waals surface area contributed by atoms with Crippen LogP contribution in [-0.2, 0) is 14.3 Å². The molecule has 2 aliphatic heterocycles. The molecule has 9 heteroatoms. The third-order valence-corrected chi connectivity index (χ3v) is 5.23. The van der Waals surface area contributed by atoms with Gasteiger partial charge >= 0.3 is 0 Å². The van der Waals surface area contributed by atoms with Crippen LogP contribution in [0.5, 0.6) is 0 Å². The molecule has 0 aromatic rings. The lowest BCUT2D eigenvalue weighted by atomic mass is 9.91. The molecule has 0 aromatic carbocycles. The van der Waals surface area contributed by atoms with E-state index in [1.807, 2.05) is 20.8 Å².